The number of esters is 1. The van der Waals surface area contributed by atoms with Crippen molar-refractivity contribution in [3.05, 3.63) is 76.5 Å². The number of carbonyl (C=O) groups is 4. The summed E-state index contributed by atoms with van der Waals surface area (Å²) in [5.41, 5.74) is -4.30. The standard InChI is InChI=1S/2C12H10F4N2O3.C8H12F2O3.C5H4F2N2O2.CH4/c2*13-6(14)3-1-2-5-4-7(19)21-12-8(5)11(20)17-10(18-12)9(15)16;1-13-8(12)5-6(11)3-2-4-7(9)10;6-4(7)5-8-2(10)1-3(11)9-5;/h2*4,6,9H,1-3H2,(H,17,18,20);7H,2-5H2,1H3;4H,1H2,(H,8,9,10,11);1H4. The third-order valence-corrected chi connectivity index (χ3v) is 8.06. The fourth-order valence-corrected chi connectivity index (χ4v) is 5.23. The quantitative estimate of drug-likeness (QED) is 0.0567. The molecule has 2 amide bonds. The summed E-state index contributed by atoms with van der Waals surface area (Å²) in [4.78, 5) is 102. The van der Waals surface area contributed by atoms with Crippen LogP contribution in [0.3, 0.4) is 0 Å². The topological polar surface area (TPSA) is 254 Å². The normalized spacial score (nSPS) is 12.3. The highest BCUT2D eigenvalue weighted by Crippen LogP contribution is 2.20. The Kier molecular flexibility index (Phi) is 24.7. The summed E-state index contributed by atoms with van der Waals surface area (Å²) in [6, 6.07) is 1.96. The minimum absolute atomic E-state index is 0. The number of alkyl halides is 12. The van der Waals surface area contributed by atoms with Crippen LogP contribution in [0.15, 0.2) is 45.1 Å². The molecule has 67 heavy (non-hydrogen) atoms. The molecule has 0 saturated heterocycles. The summed E-state index contributed by atoms with van der Waals surface area (Å²) < 4.78 is 159. The average Bonchev–Trinajstić information content (AvgIpc) is 3.20. The first-order chi connectivity index (χ1) is 30.9. The molecular formula is C38H40F12N6O11. The lowest BCUT2D eigenvalue weighted by Crippen LogP contribution is -2.40. The predicted molar refractivity (Wildman–Crippen MR) is 209 cm³/mol. The van der Waals surface area contributed by atoms with Gasteiger partial charge in [0.1, 0.15) is 29.4 Å². The number of aliphatic imine (C=N–C) groups is 1. The van der Waals surface area contributed by atoms with Gasteiger partial charge in [-0.3, -0.25) is 28.8 Å². The Balaban J connectivity index is 0.000000461. The Morgan fingerprint density at radius 3 is 1.43 bits per heavy atom. The second-order valence-electron chi connectivity index (χ2n) is 13.1. The zero-order chi connectivity index (χ0) is 49.8. The summed E-state index contributed by atoms with van der Waals surface area (Å²) in [6.07, 6.45) is -18.0. The van der Waals surface area contributed by atoms with Crippen LogP contribution in [0, 0.1) is 0 Å². The van der Waals surface area contributed by atoms with Crippen molar-refractivity contribution < 1.29 is 85.4 Å². The van der Waals surface area contributed by atoms with E-state index in [0.29, 0.717) is 0 Å². The van der Waals surface area contributed by atoms with Crippen molar-refractivity contribution in [1.82, 2.24) is 25.3 Å². The van der Waals surface area contributed by atoms with E-state index in [0.717, 1.165) is 12.1 Å². The first-order valence-corrected chi connectivity index (χ1v) is 18.7. The molecule has 5 heterocycles. The molecule has 4 aromatic heterocycles. The number of aryl methyl sites for hydroxylation is 2. The third kappa shape index (κ3) is 20.6. The van der Waals surface area contributed by atoms with Gasteiger partial charge in [0.2, 0.25) is 36.6 Å². The van der Waals surface area contributed by atoms with E-state index in [-0.39, 0.29) is 86.5 Å². The highest BCUT2D eigenvalue weighted by molar-refractivity contribution is 6.14. The molecule has 0 aromatic carbocycles. The van der Waals surface area contributed by atoms with E-state index in [4.69, 9.17) is 0 Å². The van der Waals surface area contributed by atoms with Gasteiger partial charge < -0.3 is 28.9 Å². The highest BCUT2D eigenvalue weighted by atomic mass is 19.3. The fraction of sp³-hybridized carbons (Fsp3) is 0.500. The lowest BCUT2D eigenvalue weighted by Gasteiger charge is -2.10. The van der Waals surface area contributed by atoms with Crippen LogP contribution in [0.1, 0.15) is 101 Å². The summed E-state index contributed by atoms with van der Waals surface area (Å²) in [5, 5.41) is 1.44. The summed E-state index contributed by atoms with van der Waals surface area (Å²) in [6.45, 7) is 0. The molecule has 0 saturated carbocycles. The van der Waals surface area contributed by atoms with Crippen LogP contribution in [-0.4, -0.2) is 82.2 Å². The van der Waals surface area contributed by atoms with Gasteiger partial charge in [-0.25, -0.2) is 62.3 Å². The van der Waals surface area contributed by atoms with Crippen LogP contribution >= 0.6 is 0 Å². The molecule has 0 radical (unpaired) electrons. The van der Waals surface area contributed by atoms with E-state index in [1.165, 1.54) is 7.11 Å². The van der Waals surface area contributed by atoms with Crippen LogP contribution in [-0.2, 0) is 36.8 Å². The molecule has 372 valence electrons. The number of ether oxygens (including phenoxy) is 1. The number of aromatic nitrogens is 4. The van der Waals surface area contributed by atoms with E-state index in [2.05, 4.69) is 28.5 Å². The molecule has 0 unspecified atom stereocenters. The minimum Gasteiger partial charge on any atom is -0.469 e. The molecule has 0 fully saturated rings. The molecule has 0 atom stereocenters. The zero-order valence-corrected chi connectivity index (χ0v) is 33.8. The maximum atomic E-state index is 12.5. The van der Waals surface area contributed by atoms with Crippen LogP contribution in [0.5, 0.6) is 0 Å². The van der Waals surface area contributed by atoms with Crippen molar-refractivity contribution in [2.24, 2.45) is 4.99 Å². The van der Waals surface area contributed by atoms with Crippen molar-refractivity contribution in [2.75, 3.05) is 7.11 Å². The Morgan fingerprint density at radius 1 is 0.657 bits per heavy atom. The van der Waals surface area contributed by atoms with Crippen LogP contribution in [0.2, 0.25) is 0 Å². The molecule has 0 aliphatic carbocycles. The van der Waals surface area contributed by atoms with Gasteiger partial charge in [-0.2, -0.15) is 15.0 Å². The Hall–Kier alpha value is -6.71. The molecule has 0 bridgehead atoms. The lowest BCUT2D eigenvalue weighted by molar-refractivity contribution is -0.143. The van der Waals surface area contributed by atoms with Crippen molar-refractivity contribution in [3.8, 4) is 0 Å². The average molecular weight is 985 g/mol. The molecule has 5 rings (SSSR count). The lowest BCUT2D eigenvalue weighted by atomic mass is 10.1. The number of hydrogen-bond donors (Lipinski definition) is 3. The van der Waals surface area contributed by atoms with Crippen molar-refractivity contribution >= 4 is 51.6 Å². The van der Waals surface area contributed by atoms with Gasteiger partial charge in [0.15, 0.2) is 17.5 Å². The van der Waals surface area contributed by atoms with E-state index >= 15 is 0 Å². The number of amidine groups is 1. The third-order valence-electron chi connectivity index (χ3n) is 8.06. The van der Waals surface area contributed by atoms with Gasteiger partial charge in [0, 0.05) is 37.8 Å². The van der Waals surface area contributed by atoms with E-state index < -0.39 is 127 Å². The number of methoxy groups -OCH3 is 1. The molecule has 1 aliphatic rings. The summed E-state index contributed by atoms with van der Waals surface area (Å²) >= 11 is 0. The SMILES string of the molecule is C.COC(=O)CC(=O)CCCC(F)F.O=C1CC(=O)NC(C(F)F)=N1.O=c1cc(CCCC(F)F)c2c(=O)[nH]c(C(F)F)nc2o1.O=c1cc(CCCC(F)F)c2c(=O)[nH]c(C(F)F)nc2o1. The number of amides is 2. The number of nitrogens with zero attached hydrogens (tertiary/aromatic N) is 3. The molecule has 1 aliphatic heterocycles. The second-order valence-corrected chi connectivity index (χ2v) is 13.1. The maximum absolute atomic E-state index is 12.5. The summed E-state index contributed by atoms with van der Waals surface area (Å²) in [7, 11) is 1.18. The van der Waals surface area contributed by atoms with Gasteiger partial charge in [-0.15, -0.1) is 0 Å². The predicted octanol–water partition coefficient (Wildman–Crippen LogP) is 6.69. The molecular weight excluding hydrogens is 944 g/mol. The van der Waals surface area contributed by atoms with E-state index in [1.807, 2.05) is 9.97 Å². The van der Waals surface area contributed by atoms with Gasteiger partial charge in [-0.1, -0.05) is 7.43 Å². The first kappa shape index (κ1) is 58.3. The van der Waals surface area contributed by atoms with Gasteiger partial charge in [0.25, 0.3) is 36.3 Å². The van der Waals surface area contributed by atoms with Crippen molar-refractivity contribution in [1.29, 1.82) is 0 Å². The number of H-pyrrole nitrogens is 2. The molecule has 4 aromatic rings. The highest BCUT2D eigenvalue weighted by Gasteiger charge is 2.24. The van der Waals surface area contributed by atoms with Crippen molar-refractivity contribution in [2.45, 2.75) is 117 Å². The molecule has 0 spiro atoms. The Labute approximate surface area is 367 Å². The number of carbonyl (C=O) groups excluding carboxylic acids is 4. The number of hydrogen-bond acceptors (Lipinski definition) is 13. The van der Waals surface area contributed by atoms with Crippen molar-refractivity contribution in [3.63, 3.8) is 0 Å². The number of nitrogens with one attached hydrogen (secondary N) is 3. The van der Waals surface area contributed by atoms with E-state index in [1.54, 1.807) is 5.32 Å². The molecule has 17 nitrogen and oxygen atoms in total. The van der Waals surface area contributed by atoms with Gasteiger partial charge in [0.05, 0.1) is 7.11 Å². The molecule has 3 N–H and O–H groups in total. The number of aromatic amines is 2. The number of halogens is 12. The van der Waals surface area contributed by atoms with Crippen LogP contribution < -0.4 is 27.7 Å². The zero-order valence-electron chi connectivity index (χ0n) is 33.8. The molecule has 29 heteroatoms. The second kappa shape index (κ2) is 28.4. The Bertz CT molecular complexity index is 2430. The first-order valence-electron chi connectivity index (χ1n) is 18.7. The fourth-order valence-electron chi connectivity index (χ4n) is 5.23. The van der Waals surface area contributed by atoms with Crippen LogP contribution in [0.25, 0.3) is 22.2 Å². The van der Waals surface area contributed by atoms with Gasteiger partial charge >= 0.3 is 17.2 Å². The smallest absolute Gasteiger partial charge is 0.337 e. The Morgan fingerprint density at radius 2 is 1.07 bits per heavy atom. The number of fused-ring (bicyclic) bond motifs is 2. The van der Waals surface area contributed by atoms with Crippen LogP contribution in [0.4, 0.5) is 52.7 Å². The largest absolute Gasteiger partial charge is 0.469 e. The van der Waals surface area contributed by atoms with E-state index in [9.17, 15) is 91.0 Å². The maximum Gasteiger partial charge on any atom is 0.337 e. The van der Waals surface area contributed by atoms with Gasteiger partial charge in [-0.05, 0) is 43.2 Å². The summed E-state index contributed by atoms with van der Waals surface area (Å²) in [5.74, 6) is -5.23. The number of rotatable bonds is 17. The number of ketones is 1. The minimum atomic E-state index is -3.03. The number of Topliss-reactive ketones (excluding diaryl/α,β-unsaturated/α-hetero) is 1. The monoisotopic (exact) mass is 984 g/mol.